The Morgan fingerprint density at radius 2 is 1.92 bits per heavy atom. The number of rotatable bonds is 0. The smallest absolute Gasteiger partial charge is 0.138 e. The number of aryl methyl sites for hydroxylation is 3. The SMILES string of the molecule is Cc1ccc2nc(C)c(Br)n2c1C. The molecule has 0 aromatic carbocycles. The number of halogens is 1. The third-order valence-electron chi connectivity index (χ3n) is 2.39. The van der Waals surface area contributed by atoms with Gasteiger partial charge in [0.05, 0.1) is 5.69 Å². The number of nitrogens with zero attached hydrogens (tertiary/aromatic N) is 2. The van der Waals surface area contributed by atoms with Gasteiger partial charge < -0.3 is 0 Å². The molecular formula is C10H11BrN2. The van der Waals surface area contributed by atoms with Crippen molar-refractivity contribution in [2.24, 2.45) is 0 Å². The number of hydrogen-bond donors (Lipinski definition) is 0. The fourth-order valence-corrected chi connectivity index (χ4v) is 1.99. The molecule has 2 rings (SSSR count). The van der Waals surface area contributed by atoms with Gasteiger partial charge in [0.25, 0.3) is 0 Å². The highest BCUT2D eigenvalue weighted by Gasteiger charge is 2.07. The summed E-state index contributed by atoms with van der Waals surface area (Å²) in [5.74, 6) is 0. The molecule has 0 N–H and O–H groups in total. The van der Waals surface area contributed by atoms with Crippen LogP contribution in [0.1, 0.15) is 17.0 Å². The Hall–Kier alpha value is -0.830. The van der Waals surface area contributed by atoms with Crippen LogP contribution in [0.5, 0.6) is 0 Å². The minimum Gasteiger partial charge on any atom is -0.291 e. The number of fused-ring (bicyclic) bond motifs is 1. The van der Waals surface area contributed by atoms with Gasteiger partial charge in [0.1, 0.15) is 10.3 Å². The fourth-order valence-electron chi connectivity index (χ4n) is 1.46. The second kappa shape index (κ2) is 2.84. The predicted octanol–water partition coefficient (Wildman–Crippen LogP) is 3.02. The molecule has 2 heterocycles. The lowest BCUT2D eigenvalue weighted by Crippen LogP contribution is -1.94. The van der Waals surface area contributed by atoms with E-state index in [1.165, 1.54) is 11.3 Å². The minimum absolute atomic E-state index is 1.01. The van der Waals surface area contributed by atoms with Gasteiger partial charge in [0, 0.05) is 5.69 Å². The van der Waals surface area contributed by atoms with Crippen LogP contribution in [0.25, 0.3) is 5.65 Å². The molecule has 0 radical (unpaired) electrons. The number of pyridine rings is 1. The van der Waals surface area contributed by atoms with Crippen LogP contribution in [-0.2, 0) is 0 Å². The Labute approximate surface area is 85.7 Å². The molecule has 68 valence electrons. The maximum absolute atomic E-state index is 4.43. The van der Waals surface area contributed by atoms with Crippen molar-refractivity contribution in [1.82, 2.24) is 9.38 Å². The lowest BCUT2D eigenvalue weighted by molar-refractivity contribution is 1.04. The molecule has 3 heteroatoms. The molecule has 0 amide bonds. The zero-order chi connectivity index (χ0) is 9.59. The van der Waals surface area contributed by atoms with Crippen molar-refractivity contribution in [2.45, 2.75) is 20.8 Å². The van der Waals surface area contributed by atoms with Crippen LogP contribution in [0.2, 0.25) is 0 Å². The first kappa shape index (κ1) is 8.75. The molecule has 0 saturated carbocycles. The van der Waals surface area contributed by atoms with E-state index >= 15 is 0 Å². The lowest BCUT2D eigenvalue weighted by atomic mass is 10.2. The minimum atomic E-state index is 1.01. The van der Waals surface area contributed by atoms with Crippen LogP contribution in [0.4, 0.5) is 0 Å². The predicted molar refractivity (Wildman–Crippen MR) is 57.1 cm³/mol. The third kappa shape index (κ3) is 1.18. The largest absolute Gasteiger partial charge is 0.291 e. The van der Waals surface area contributed by atoms with Crippen LogP contribution < -0.4 is 0 Å². The number of aromatic nitrogens is 2. The lowest BCUT2D eigenvalue weighted by Gasteiger charge is -2.04. The van der Waals surface area contributed by atoms with Crippen molar-refractivity contribution in [3.63, 3.8) is 0 Å². The number of hydrogen-bond acceptors (Lipinski definition) is 1. The summed E-state index contributed by atoms with van der Waals surface area (Å²) in [6.07, 6.45) is 0. The van der Waals surface area contributed by atoms with Gasteiger partial charge in [-0.1, -0.05) is 6.07 Å². The van der Waals surface area contributed by atoms with E-state index in [0.29, 0.717) is 0 Å². The van der Waals surface area contributed by atoms with E-state index in [4.69, 9.17) is 0 Å². The van der Waals surface area contributed by atoms with E-state index in [1.807, 2.05) is 13.0 Å². The van der Waals surface area contributed by atoms with Crippen molar-refractivity contribution < 1.29 is 0 Å². The van der Waals surface area contributed by atoms with Gasteiger partial charge >= 0.3 is 0 Å². The normalized spacial score (nSPS) is 11.1. The van der Waals surface area contributed by atoms with E-state index in [0.717, 1.165) is 15.9 Å². The summed E-state index contributed by atoms with van der Waals surface area (Å²) in [6.45, 7) is 6.22. The first-order valence-electron chi connectivity index (χ1n) is 4.22. The zero-order valence-electron chi connectivity index (χ0n) is 7.93. The summed E-state index contributed by atoms with van der Waals surface area (Å²) in [7, 11) is 0. The van der Waals surface area contributed by atoms with Gasteiger partial charge in [-0.05, 0) is 48.3 Å². The molecule has 0 aliphatic carbocycles. The van der Waals surface area contributed by atoms with Gasteiger partial charge in [-0.2, -0.15) is 0 Å². The van der Waals surface area contributed by atoms with Crippen LogP contribution in [0.15, 0.2) is 16.7 Å². The van der Waals surface area contributed by atoms with Crippen molar-refractivity contribution in [2.75, 3.05) is 0 Å². The van der Waals surface area contributed by atoms with Crippen molar-refractivity contribution in [1.29, 1.82) is 0 Å². The average Bonchev–Trinajstić information content (AvgIpc) is 2.37. The van der Waals surface area contributed by atoms with E-state index in [1.54, 1.807) is 0 Å². The molecule has 2 nitrogen and oxygen atoms in total. The van der Waals surface area contributed by atoms with Gasteiger partial charge in [0.2, 0.25) is 0 Å². The summed E-state index contributed by atoms with van der Waals surface area (Å²) < 4.78 is 3.19. The second-order valence-electron chi connectivity index (χ2n) is 3.28. The third-order valence-corrected chi connectivity index (χ3v) is 3.32. The van der Waals surface area contributed by atoms with Gasteiger partial charge in [-0.3, -0.25) is 4.40 Å². The van der Waals surface area contributed by atoms with Crippen molar-refractivity contribution >= 4 is 21.6 Å². The Bertz CT molecular complexity index is 471. The van der Waals surface area contributed by atoms with Crippen LogP contribution in [0.3, 0.4) is 0 Å². The van der Waals surface area contributed by atoms with Gasteiger partial charge in [0.15, 0.2) is 0 Å². The molecule has 0 aliphatic rings. The van der Waals surface area contributed by atoms with Crippen LogP contribution in [0, 0.1) is 20.8 Å². The highest BCUT2D eigenvalue weighted by molar-refractivity contribution is 9.10. The standard InChI is InChI=1S/C10H11BrN2/c1-6-4-5-9-12-7(2)10(11)13(9)8(6)3/h4-5H,1-3H3. The first-order chi connectivity index (χ1) is 6.11. The van der Waals surface area contributed by atoms with E-state index in [9.17, 15) is 0 Å². The molecule has 0 spiro atoms. The maximum atomic E-state index is 4.43. The summed E-state index contributed by atoms with van der Waals surface area (Å²) in [5.41, 5.74) is 4.57. The quantitative estimate of drug-likeness (QED) is 0.690. The highest BCUT2D eigenvalue weighted by Crippen LogP contribution is 2.21. The molecule has 0 bridgehead atoms. The summed E-state index contributed by atoms with van der Waals surface area (Å²) >= 11 is 3.54. The fraction of sp³-hybridized carbons (Fsp3) is 0.300. The average molecular weight is 239 g/mol. The summed E-state index contributed by atoms with van der Waals surface area (Å²) in [4.78, 5) is 4.43. The van der Waals surface area contributed by atoms with E-state index in [-0.39, 0.29) is 0 Å². The van der Waals surface area contributed by atoms with E-state index in [2.05, 4.69) is 45.2 Å². The molecule has 0 saturated heterocycles. The van der Waals surface area contributed by atoms with Gasteiger partial charge in [-0.15, -0.1) is 0 Å². The van der Waals surface area contributed by atoms with Crippen LogP contribution >= 0.6 is 15.9 Å². The second-order valence-corrected chi connectivity index (χ2v) is 4.03. The molecule has 13 heavy (non-hydrogen) atoms. The first-order valence-corrected chi connectivity index (χ1v) is 5.01. The highest BCUT2D eigenvalue weighted by atomic mass is 79.9. The molecule has 0 aliphatic heterocycles. The Kier molecular flexibility index (Phi) is 1.91. The van der Waals surface area contributed by atoms with Crippen molar-refractivity contribution in [3.05, 3.63) is 33.7 Å². The topological polar surface area (TPSA) is 17.3 Å². The molecule has 0 fully saturated rings. The van der Waals surface area contributed by atoms with Crippen LogP contribution in [-0.4, -0.2) is 9.38 Å². The maximum Gasteiger partial charge on any atom is 0.138 e. The molecule has 0 unspecified atom stereocenters. The Morgan fingerprint density at radius 1 is 1.23 bits per heavy atom. The van der Waals surface area contributed by atoms with E-state index < -0.39 is 0 Å². The zero-order valence-corrected chi connectivity index (χ0v) is 9.51. The Morgan fingerprint density at radius 3 is 2.62 bits per heavy atom. The molecule has 2 aromatic heterocycles. The summed E-state index contributed by atoms with van der Waals surface area (Å²) in [5, 5.41) is 0. The summed E-state index contributed by atoms with van der Waals surface area (Å²) in [6, 6.07) is 4.14. The van der Waals surface area contributed by atoms with Crippen molar-refractivity contribution in [3.8, 4) is 0 Å². The molecule has 0 atom stereocenters. The molecule has 2 aromatic rings. The molecular weight excluding hydrogens is 228 g/mol. The van der Waals surface area contributed by atoms with Gasteiger partial charge in [-0.25, -0.2) is 4.98 Å². The number of imidazole rings is 1. The Balaban J connectivity index is 2.97. The monoisotopic (exact) mass is 238 g/mol.